The quantitative estimate of drug-likeness (QED) is 0.256. The summed E-state index contributed by atoms with van der Waals surface area (Å²) in [6.45, 7) is 16.0. The van der Waals surface area contributed by atoms with Crippen LogP contribution in [-0.4, -0.2) is 36.7 Å². The van der Waals surface area contributed by atoms with Gasteiger partial charge in [-0.25, -0.2) is 4.31 Å². The monoisotopic (exact) mass is 516 g/mol. The van der Waals surface area contributed by atoms with E-state index in [0.717, 1.165) is 44.8 Å². The number of anilines is 2. The molecule has 0 radical (unpaired) electrons. The first-order valence-electron chi connectivity index (χ1n) is 12.7. The van der Waals surface area contributed by atoms with Crippen molar-refractivity contribution in [3.8, 4) is 22.3 Å². The van der Waals surface area contributed by atoms with E-state index in [1.807, 2.05) is 18.0 Å². The van der Waals surface area contributed by atoms with Gasteiger partial charge in [-0.05, 0) is 78.3 Å². The molecule has 2 heterocycles. The molecule has 1 fully saturated rings. The Balaban J connectivity index is 1.65. The third kappa shape index (κ3) is 4.80. The van der Waals surface area contributed by atoms with Crippen LogP contribution in [0.25, 0.3) is 22.3 Å². The molecule has 1 saturated heterocycles. The highest BCUT2D eigenvalue weighted by Gasteiger charge is 2.29. The van der Waals surface area contributed by atoms with Gasteiger partial charge in [-0.2, -0.15) is 0 Å². The van der Waals surface area contributed by atoms with Crippen molar-refractivity contribution in [2.24, 2.45) is 0 Å². The maximum Gasteiger partial charge on any atom is 0.0587 e. The van der Waals surface area contributed by atoms with E-state index < -0.39 is 0 Å². The summed E-state index contributed by atoms with van der Waals surface area (Å²) in [4.78, 5) is 0. The van der Waals surface area contributed by atoms with Gasteiger partial charge in [0.1, 0.15) is 0 Å². The molecule has 2 N–H and O–H groups in total. The van der Waals surface area contributed by atoms with Crippen LogP contribution in [-0.2, 0) is 13.0 Å². The Morgan fingerprint density at radius 3 is 2.44 bits per heavy atom. The Hall–Kier alpha value is -2.38. The summed E-state index contributed by atoms with van der Waals surface area (Å²) < 4.78 is 8.48. The van der Waals surface area contributed by atoms with E-state index in [2.05, 4.69) is 94.7 Å². The summed E-state index contributed by atoms with van der Waals surface area (Å²) in [6, 6.07) is 15.9. The minimum Gasteiger partial charge on any atom is -0.317 e. The van der Waals surface area contributed by atoms with Crippen molar-refractivity contribution in [2.75, 3.05) is 41.5 Å². The second-order valence-corrected chi connectivity index (χ2v) is 11.4. The van der Waals surface area contributed by atoms with Crippen molar-refractivity contribution in [2.45, 2.75) is 33.7 Å². The van der Waals surface area contributed by atoms with Gasteiger partial charge in [0.25, 0.3) is 0 Å². The first-order valence-corrected chi connectivity index (χ1v) is 14.6. The Kier molecular flexibility index (Phi) is 7.68. The lowest BCUT2D eigenvalue weighted by Gasteiger charge is -2.36. The van der Waals surface area contributed by atoms with Crippen molar-refractivity contribution in [3.05, 3.63) is 82.9 Å². The largest absolute Gasteiger partial charge is 0.317 e. The molecule has 0 spiro atoms. The molecule has 6 heteroatoms. The summed E-state index contributed by atoms with van der Waals surface area (Å²) in [5, 5.41) is 3.43. The van der Waals surface area contributed by atoms with E-state index in [0.29, 0.717) is 0 Å². The number of benzene rings is 3. The predicted octanol–water partition coefficient (Wildman–Crippen LogP) is 7.15. The second-order valence-electron chi connectivity index (χ2n) is 9.65. The third-order valence-electron chi connectivity index (χ3n) is 7.32. The first-order chi connectivity index (χ1) is 17.5. The number of hydrogen-bond donors (Lipinski definition) is 2. The van der Waals surface area contributed by atoms with E-state index in [9.17, 15) is 0 Å². The number of nitrogens with zero attached hydrogens (tertiary/aromatic N) is 2. The van der Waals surface area contributed by atoms with Crippen molar-refractivity contribution >= 4 is 35.5 Å². The average molecular weight is 517 g/mol. The fraction of sp³-hybridized carbons (Fsp3) is 0.333. The van der Waals surface area contributed by atoms with Gasteiger partial charge in [0.2, 0.25) is 0 Å². The smallest absolute Gasteiger partial charge is 0.0587 e. The minimum absolute atomic E-state index is 0.862. The molecule has 0 atom stereocenters. The Morgan fingerprint density at radius 2 is 1.75 bits per heavy atom. The van der Waals surface area contributed by atoms with E-state index in [-0.39, 0.29) is 0 Å². The summed E-state index contributed by atoms with van der Waals surface area (Å²) in [5.41, 5.74) is 14.6. The lowest BCUT2D eigenvalue weighted by Crippen LogP contribution is -2.40. The van der Waals surface area contributed by atoms with E-state index in [4.69, 9.17) is 0 Å². The zero-order chi connectivity index (χ0) is 25.2. The van der Waals surface area contributed by atoms with Gasteiger partial charge in [0.15, 0.2) is 0 Å². The normalized spacial score (nSPS) is 15.4. The number of hydrogen-bond acceptors (Lipinski definition) is 6. The number of allylic oxidation sites excluding steroid dienone is 1. The van der Waals surface area contributed by atoms with Gasteiger partial charge in [0.05, 0.1) is 12.2 Å². The van der Waals surface area contributed by atoms with Crippen molar-refractivity contribution in [1.29, 1.82) is 0 Å². The minimum atomic E-state index is 0.862. The molecule has 0 amide bonds. The zero-order valence-electron chi connectivity index (χ0n) is 21.8. The molecule has 0 aromatic heterocycles. The molecular weight excluding hydrogens is 480 g/mol. The Morgan fingerprint density at radius 1 is 1.00 bits per heavy atom. The second kappa shape index (κ2) is 10.9. The number of piperazine rings is 1. The highest BCUT2D eigenvalue weighted by Crippen LogP contribution is 2.50. The van der Waals surface area contributed by atoms with Crippen LogP contribution in [0.4, 0.5) is 11.4 Å². The fourth-order valence-electron chi connectivity index (χ4n) is 5.45. The lowest BCUT2D eigenvalue weighted by atomic mass is 9.81. The van der Waals surface area contributed by atoms with Crippen LogP contribution in [0.15, 0.2) is 55.1 Å². The lowest BCUT2D eigenvalue weighted by molar-refractivity contribution is 0.397. The summed E-state index contributed by atoms with van der Waals surface area (Å²) in [5.74, 6) is 0. The third-order valence-corrected chi connectivity index (χ3v) is 9.02. The molecule has 3 aromatic rings. The van der Waals surface area contributed by atoms with Crippen LogP contribution in [0.5, 0.6) is 0 Å². The van der Waals surface area contributed by atoms with Crippen molar-refractivity contribution in [3.63, 3.8) is 0 Å². The van der Waals surface area contributed by atoms with Crippen LogP contribution >= 0.6 is 24.1 Å². The standard InChI is InChI=1S/C30H36N4S2/c1-6-7-26-21(3)30-29(22(4)28(26)23-10-8-20(2)9-11-23)27-18-25(13-12-24(27)19-34(30)35-5)32-36-33-16-14-31-15-17-33/h6,8-13,18,31-32H,1,7,14-17,19H2,2-5H3. The first kappa shape index (κ1) is 25.3. The van der Waals surface area contributed by atoms with Gasteiger partial charge in [-0.1, -0.05) is 53.9 Å². The number of nitrogens with one attached hydrogen (secondary N) is 2. The average Bonchev–Trinajstić information content (AvgIpc) is 2.91. The van der Waals surface area contributed by atoms with Crippen LogP contribution in [0, 0.1) is 20.8 Å². The highest BCUT2D eigenvalue weighted by atomic mass is 32.2. The maximum atomic E-state index is 4.10. The molecule has 0 saturated carbocycles. The van der Waals surface area contributed by atoms with Gasteiger partial charge in [-0.3, -0.25) is 0 Å². The fourth-order valence-corrected chi connectivity index (χ4v) is 6.86. The number of aryl methyl sites for hydroxylation is 1. The van der Waals surface area contributed by atoms with E-state index >= 15 is 0 Å². The molecule has 36 heavy (non-hydrogen) atoms. The van der Waals surface area contributed by atoms with Gasteiger partial charge >= 0.3 is 0 Å². The summed E-state index contributed by atoms with van der Waals surface area (Å²) in [7, 11) is 0. The molecule has 2 aliphatic heterocycles. The van der Waals surface area contributed by atoms with Gasteiger partial charge in [-0.15, -0.1) is 6.58 Å². The zero-order valence-corrected chi connectivity index (χ0v) is 23.4. The summed E-state index contributed by atoms with van der Waals surface area (Å²) in [6.07, 6.45) is 5.09. The molecule has 188 valence electrons. The Labute approximate surface area is 224 Å². The molecule has 4 nitrogen and oxygen atoms in total. The Bertz CT molecular complexity index is 1260. The molecule has 5 rings (SSSR count). The van der Waals surface area contributed by atoms with Gasteiger partial charge < -0.3 is 14.3 Å². The highest BCUT2D eigenvalue weighted by molar-refractivity contribution is 8.00. The van der Waals surface area contributed by atoms with Crippen molar-refractivity contribution < 1.29 is 0 Å². The molecule has 0 unspecified atom stereocenters. The summed E-state index contributed by atoms with van der Waals surface area (Å²) >= 11 is 3.54. The van der Waals surface area contributed by atoms with Crippen molar-refractivity contribution in [1.82, 2.24) is 9.62 Å². The van der Waals surface area contributed by atoms with E-state index in [1.54, 1.807) is 12.1 Å². The van der Waals surface area contributed by atoms with Gasteiger partial charge in [0, 0.05) is 55.8 Å². The topological polar surface area (TPSA) is 30.5 Å². The molecule has 3 aromatic carbocycles. The maximum absolute atomic E-state index is 4.10. The van der Waals surface area contributed by atoms with Crippen LogP contribution in [0.2, 0.25) is 0 Å². The van der Waals surface area contributed by atoms with Crippen LogP contribution < -0.4 is 14.3 Å². The van der Waals surface area contributed by atoms with Crippen LogP contribution in [0.1, 0.15) is 27.8 Å². The molecule has 2 aliphatic rings. The van der Waals surface area contributed by atoms with Crippen LogP contribution in [0.3, 0.4) is 0 Å². The van der Waals surface area contributed by atoms with E-state index in [1.165, 1.54) is 55.8 Å². The molecule has 0 bridgehead atoms. The molecular formula is C30H36N4S2. The number of fused-ring (bicyclic) bond motifs is 3. The molecule has 0 aliphatic carbocycles. The SMILES string of the molecule is C=CCc1c(C)c2c(c(C)c1-c1ccc(C)cc1)-c1cc(NSN3CCNCC3)ccc1CN2SC. The predicted molar refractivity (Wildman–Crippen MR) is 161 cm³/mol. The number of rotatable bonds is 7.